The largest absolute Gasteiger partial charge is 0.472 e. The van der Waals surface area contributed by atoms with Gasteiger partial charge in [-0.1, -0.05) is 53.5 Å². The van der Waals surface area contributed by atoms with Crippen molar-refractivity contribution in [2.75, 3.05) is 19.0 Å². The van der Waals surface area contributed by atoms with Crippen LogP contribution in [-0.2, 0) is 35.1 Å². The molecule has 0 spiro atoms. The average Bonchev–Trinajstić information content (AvgIpc) is 3.35. The van der Waals surface area contributed by atoms with E-state index in [1.807, 2.05) is 44.2 Å². The highest BCUT2D eigenvalue weighted by Gasteiger charge is 2.68. The highest BCUT2D eigenvalue weighted by Crippen LogP contribution is 2.57. The van der Waals surface area contributed by atoms with Gasteiger partial charge in [-0.2, -0.15) is 0 Å². The second-order valence-corrected chi connectivity index (χ2v) is 10.9. The van der Waals surface area contributed by atoms with E-state index in [1.54, 1.807) is 0 Å². The Labute approximate surface area is 235 Å². The average molecular weight is 578 g/mol. The minimum Gasteiger partial charge on any atom is -0.472 e. The Hall–Kier alpha value is -2.89. The summed E-state index contributed by atoms with van der Waals surface area (Å²) in [6.45, 7) is 3.94. The number of rotatable bonds is 7. The Morgan fingerprint density at radius 3 is 2.69 bits per heavy atom. The minimum atomic E-state index is -1.07. The van der Waals surface area contributed by atoms with Crippen LogP contribution in [-0.4, -0.2) is 54.4 Å². The molecule has 3 heterocycles. The van der Waals surface area contributed by atoms with Gasteiger partial charge in [-0.15, -0.1) is 0 Å². The lowest BCUT2D eigenvalue weighted by atomic mass is 9.79. The maximum Gasteiger partial charge on any atom is 0.337 e. The number of amides is 2. The number of hydrogen-bond donors (Lipinski definition) is 2. The molecule has 1 aliphatic carbocycles. The zero-order valence-electron chi connectivity index (χ0n) is 21.6. The number of hydrogen-bond acceptors (Lipinski definition) is 8. The van der Waals surface area contributed by atoms with Crippen molar-refractivity contribution in [3.8, 4) is 0 Å². The first-order valence-electron chi connectivity index (χ1n) is 12.4. The summed E-state index contributed by atoms with van der Waals surface area (Å²) in [6, 6.07) is 10.7. The monoisotopic (exact) mass is 577 g/mol. The van der Waals surface area contributed by atoms with E-state index in [1.165, 1.54) is 25.6 Å². The van der Waals surface area contributed by atoms with E-state index < -0.39 is 41.7 Å². The number of anilines is 1. The van der Waals surface area contributed by atoms with Gasteiger partial charge in [0.15, 0.2) is 5.79 Å². The van der Waals surface area contributed by atoms with E-state index in [-0.39, 0.29) is 29.2 Å². The number of pyridine rings is 1. The van der Waals surface area contributed by atoms with E-state index in [0.29, 0.717) is 17.7 Å². The van der Waals surface area contributed by atoms with Crippen LogP contribution in [0.2, 0.25) is 10.2 Å². The smallest absolute Gasteiger partial charge is 0.337 e. The molecule has 0 radical (unpaired) electrons. The Morgan fingerprint density at radius 1 is 1.21 bits per heavy atom. The van der Waals surface area contributed by atoms with Gasteiger partial charge in [0.1, 0.15) is 10.8 Å². The molecule has 39 heavy (non-hydrogen) atoms. The fourth-order valence-corrected chi connectivity index (χ4v) is 5.92. The molecule has 5 rings (SSSR count). The predicted molar refractivity (Wildman–Crippen MR) is 142 cm³/mol. The molecule has 2 aromatic rings. The summed E-state index contributed by atoms with van der Waals surface area (Å²) in [5.74, 6) is -2.30. The van der Waals surface area contributed by atoms with Crippen molar-refractivity contribution in [2.24, 2.45) is 11.8 Å². The van der Waals surface area contributed by atoms with Gasteiger partial charge in [-0.25, -0.2) is 14.6 Å². The summed E-state index contributed by atoms with van der Waals surface area (Å²) in [4.78, 5) is 29.5. The van der Waals surface area contributed by atoms with Gasteiger partial charge in [0.05, 0.1) is 61.0 Å². The van der Waals surface area contributed by atoms with Crippen molar-refractivity contribution >= 4 is 40.9 Å². The van der Waals surface area contributed by atoms with Crippen molar-refractivity contribution in [3.05, 3.63) is 70.2 Å². The Bertz CT molecular complexity index is 1280. The minimum absolute atomic E-state index is 0.0475. The van der Waals surface area contributed by atoms with E-state index in [9.17, 15) is 9.59 Å². The first-order valence-corrected chi connectivity index (χ1v) is 13.2. The third-order valence-corrected chi connectivity index (χ3v) is 7.84. The molecule has 1 saturated heterocycles. The first-order chi connectivity index (χ1) is 18.6. The zero-order chi connectivity index (χ0) is 27.8. The van der Waals surface area contributed by atoms with Crippen molar-refractivity contribution in [1.82, 2.24) is 10.3 Å². The van der Waals surface area contributed by atoms with Gasteiger partial charge in [0.25, 0.3) is 0 Å². The zero-order valence-corrected chi connectivity index (χ0v) is 23.1. The molecular weight excluding hydrogens is 549 g/mol. The van der Waals surface area contributed by atoms with Gasteiger partial charge in [0.2, 0.25) is 6.29 Å². The fourth-order valence-electron chi connectivity index (χ4n) is 5.65. The topological polar surface area (TPSA) is 117 Å². The summed E-state index contributed by atoms with van der Waals surface area (Å²) < 4.78 is 30.1. The van der Waals surface area contributed by atoms with Crippen LogP contribution < -0.4 is 10.6 Å². The van der Waals surface area contributed by atoms with Crippen LogP contribution in [0.25, 0.3) is 0 Å². The number of aromatic nitrogens is 1. The molecule has 5 atom stereocenters. The van der Waals surface area contributed by atoms with Crippen molar-refractivity contribution in [1.29, 1.82) is 0 Å². The molecule has 12 heteroatoms. The molecule has 2 aliphatic heterocycles. The number of nitrogens with one attached hydrogen (secondary N) is 2. The Balaban J connectivity index is 1.41. The van der Waals surface area contributed by atoms with E-state index >= 15 is 0 Å². The number of benzene rings is 1. The molecule has 1 aromatic carbocycles. The molecule has 0 bridgehead atoms. The quantitative estimate of drug-likeness (QED) is 0.360. The maximum atomic E-state index is 12.9. The molecule has 4 unspecified atom stereocenters. The third-order valence-electron chi connectivity index (χ3n) is 7.15. The van der Waals surface area contributed by atoms with Crippen LogP contribution in [0.5, 0.6) is 0 Å². The number of esters is 1. The summed E-state index contributed by atoms with van der Waals surface area (Å²) >= 11 is 11.9. The second kappa shape index (κ2) is 10.9. The Kier molecular flexibility index (Phi) is 7.76. The summed E-state index contributed by atoms with van der Waals surface area (Å²) in [7, 11) is 1.32. The van der Waals surface area contributed by atoms with Crippen LogP contribution in [0.15, 0.2) is 54.4 Å². The normalized spacial score (nSPS) is 28.5. The van der Waals surface area contributed by atoms with Crippen LogP contribution in [0.4, 0.5) is 10.5 Å². The summed E-state index contributed by atoms with van der Waals surface area (Å²) in [5.41, 5.74) is 0.619. The lowest BCUT2D eigenvalue weighted by Crippen LogP contribution is -2.57. The van der Waals surface area contributed by atoms with Crippen molar-refractivity contribution in [3.63, 3.8) is 0 Å². The van der Waals surface area contributed by atoms with Gasteiger partial charge in [0, 0.05) is 5.92 Å². The molecular formula is C27H29Cl2N3O7. The summed E-state index contributed by atoms with van der Waals surface area (Å²) in [6.07, 6.45) is 2.00. The maximum absolute atomic E-state index is 12.9. The van der Waals surface area contributed by atoms with E-state index in [4.69, 9.17) is 46.9 Å². The highest BCUT2D eigenvalue weighted by atomic mass is 35.5. The van der Waals surface area contributed by atoms with Crippen LogP contribution in [0, 0.1) is 11.8 Å². The molecule has 1 aromatic heterocycles. The number of halogens is 2. The van der Waals surface area contributed by atoms with Crippen LogP contribution >= 0.6 is 23.2 Å². The van der Waals surface area contributed by atoms with Crippen molar-refractivity contribution < 1.29 is 33.3 Å². The van der Waals surface area contributed by atoms with Gasteiger partial charge >= 0.3 is 12.0 Å². The molecule has 208 valence electrons. The van der Waals surface area contributed by atoms with Crippen LogP contribution in [0.3, 0.4) is 0 Å². The number of carbonyl (C=O) groups excluding carboxylic acids is 2. The predicted octanol–water partition coefficient (Wildman–Crippen LogP) is 4.67. The van der Waals surface area contributed by atoms with E-state index in [2.05, 4.69) is 15.6 Å². The number of ether oxygens (including phenoxy) is 5. The fraction of sp³-hybridized carbons (Fsp3) is 0.444. The SMILES string of the molecule is COC(=O)C1=CO[C@@H](OCc2ccccc2)C2C1CC1OC(C)(C)OC12CNC(=O)Nc1cnc(Cl)c(Cl)c1. The third kappa shape index (κ3) is 5.57. The molecule has 2 amide bonds. The summed E-state index contributed by atoms with van der Waals surface area (Å²) in [5, 5.41) is 5.93. The number of methoxy groups -OCH3 is 1. The number of urea groups is 1. The van der Waals surface area contributed by atoms with Gasteiger partial charge in [-0.05, 0) is 31.9 Å². The molecule has 10 nitrogen and oxygen atoms in total. The number of carbonyl (C=O) groups is 2. The van der Waals surface area contributed by atoms with Crippen LogP contribution in [0.1, 0.15) is 25.8 Å². The number of nitrogens with zero attached hydrogens (tertiary/aromatic N) is 1. The first kappa shape index (κ1) is 27.7. The molecule has 2 fully saturated rings. The number of fused-ring (bicyclic) bond motifs is 3. The van der Waals surface area contributed by atoms with Gasteiger partial charge < -0.3 is 34.3 Å². The lowest BCUT2D eigenvalue weighted by Gasteiger charge is -2.42. The van der Waals surface area contributed by atoms with Gasteiger partial charge in [-0.3, -0.25) is 0 Å². The highest BCUT2D eigenvalue weighted by molar-refractivity contribution is 6.41. The van der Waals surface area contributed by atoms with Crippen molar-refractivity contribution in [2.45, 2.75) is 50.7 Å². The van der Waals surface area contributed by atoms with E-state index in [0.717, 1.165) is 5.56 Å². The lowest BCUT2D eigenvalue weighted by molar-refractivity contribution is -0.233. The molecule has 3 aliphatic rings. The Morgan fingerprint density at radius 2 is 1.97 bits per heavy atom. The molecule has 2 N–H and O–H groups in total. The standard InChI is InChI=1S/C27H29Cl2N3O7/c1-26(2)38-20-10-17-18(23(33)35-3)13-37-24(36-12-15-7-5-4-6-8-15)21(17)27(20,39-26)14-31-25(34)32-16-9-19(28)22(29)30-11-16/h4-9,11,13,17,20-21,24H,10,12,14H2,1-3H3,(H2,31,32,34)/t17?,20?,21?,24-,27?/m1/s1. The second-order valence-electron chi connectivity index (χ2n) is 10.1. The molecule has 1 saturated carbocycles.